The minimum absolute atomic E-state index is 0.568. The maximum Gasteiger partial charge on any atom is 0.0939 e. The third kappa shape index (κ3) is 2.78. The van der Waals surface area contributed by atoms with Crippen molar-refractivity contribution in [2.45, 2.75) is 64.0 Å². The Labute approximate surface area is 130 Å². The van der Waals surface area contributed by atoms with Crippen molar-refractivity contribution in [1.82, 2.24) is 4.98 Å². The largest absolute Gasteiger partial charge is 0.256 e. The first kappa shape index (κ1) is 14.8. The van der Waals surface area contributed by atoms with E-state index >= 15 is 0 Å². The summed E-state index contributed by atoms with van der Waals surface area (Å²) in [6.45, 7) is 9.48. The van der Waals surface area contributed by atoms with Gasteiger partial charge in [0, 0.05) is 11.6 Å². The summed E-state index contributed by atoms with van der Waals surface area (Å²) in [5.41, 5.74) is 4.20. The molecule has 1 aromatic heterocycles. The van der Waals surface area contributed by atoms with Crippen LogP contribution in [0.25, 0.3) is 10.9 Å². The van der Waals surface area contributed by atoms with Crippen LogP contribution in [0.4, 0.5) is 0 Å². The molecule has 0 atom stereocenters. The fourth-order valence-corrected chi connectivity index (χ4v) is 7.01. The van der Waals surface area contributed by atoms with Crippen LogP contribution in [0, 0.1) is 0 Å². The smallest absolute Gasteiger partial charge is 0.0939 e. The normalized spacial score (nSPS) is 16.1. The van der Waals surface area contributed by atoms with Crippen molar-refractivity contribution in [1.29, 1.82) is 0 Å². The van der Waals surface area contributed by atoms with Gasteiger partial charge in [-0.05, 0) is 46.7 Å². The Morgan fingerprint density at radius 3 is 2.38 bits per heavy atom. The molecule has 21 heavy (non-hydrogen) atoms. The molecule has 0 unspecified atom stereocenters. The second-order valence-electron chi connectivity index (χ2n) is 7.04. The highest BCUT2D eigenvalue weighted by Gasteiger charge is 2.25. The zero-order valence-corrected chi connectivity index (χ0v) is 14.7. The molecule has 0 spiro atoms. The number of benzene rings is 1. The van der Waals surface area contributed by atoms with Crippen LogP contribution < -0.4 is 5.19 Å². The van der Waals surface area contributed by atoms with Crippen LogP contribution in [-0.4, -0.2) is 13.8 Å². The van der Waals surface area contributed by atoms with Gasteiger partial charge in [0.2, 0.25) is 0 Å². The van der Waals surface area contributed by atoms with Gasteiger partial charge in [0.25, 0.3) is 0 Å². The first-order valence-corrected chi connectivity index (χ1v) is 9.99. The Bertz CT molecular complexity index is 620. The molecule has 1 heterocycles. The van der Waals surface area contributed by atoms with E-state index in [1.165, 1.54) is 40.9 Å². The molecule has 0 bridgehead atoms. The Balaban J connectivity index is 2.07. The molecule has 1 nitrogen and oxygen atoms in total. The summed E-state index contributed by atoms with van der Waals surface area (Å²) in [7, 11) is -0.568. The number of hydrogen-bond acceptors (Lipinski definition) is 1. The molecule has 3 rings (SSSR count). The Hall–Kier alpha value is -1.15. The third-order valence-corrected chi connectivity index (χ3v) is 8.38. The van der Waals surface area contributed by atoms with E-state index < -0.39 is 8.80 Å². The summed E-state index contributed by atoms with van der Waals surface area (Å²) in [4.78, 5) is 4.90. The quantitative estimate of drug-likeness (QED) is 0.722. The molecule has 1 aromatic carbocycles. The van der Waals surface area contributed by atoms with Gasteiger partial charge in [0.05, 0.1) is 14.3 Å². The molecule has 1 radical (unpaired) electrons. The summed E-state index contributed by atoms with van der Waals surface area (Å²) in [5, 5.41) is 2.88. The van der Waals surface area contributed by atoms with Crippen LogP contribution in [0.5, 0.6) is 0 Å². The van der Waals surface area contributed by atoms with Crippen LogP contribution in [-0.2, 0) is 0 Å². The molecule has 0 N–H and O–H groups in total. The molecule has 0 saturated heterocycles. The lowest BCUT2D eigenvalue weighted by molar-refractivity contribution is 0.419. The Kier molecular flexibility index (Phi) is 4.16. The second kappa shape index (κ2) is 5.92. The average molecular weight is 297 g/mol. The first-order valence-electron chi connectivity index (χ1n) is 8.33. The van der Waals surface area contributed by atoms with Gasteiger partial charge in [0.1, 0.15) is 0 Å². The number of nitrogens with zero attached hydrogens (tertiary/aromatic N) is 1. The molecule has 1 aliphatic rings. The third-order valence-electron chi connectivity index (χ3n) is 4.86. The van der Waals surface area contributed by atoms with Crippen LogP contribution in [0.3, 0.4) is 0 Å². The number of fused-ring (bicyclic) bond motifs is 1. The van der Waals surface area contributed by atoms with E-state index in [0.29, 0.717) is 0 Å². The van der Waals surface area contributed by atoms with Gasteiger partial charge in [0.15, 0.2) is 0 Å². The Morgan fingerprint density at radius 2 is 1.81 bits per heavy atom. The molecule has 1 aliphatic carbocycles. The molecule has 0 aliphatic heterocycles. The van der Waals surface area contributed by atoms with Gasteiger partial charge in [-0.25, -0.2) is 0 Å². The number of rotatable bonds is 4. The van der Waals surface area contributed by atoms with Gasteiger partial charge in [-0.3, -0.25) is 4.98 Å². The highest BCUT2D eigenvalue weighted by atomic mass is 28.3. The molecule has 1 saturated carbocycles. The zero-order chi connectivity index (χ0) is 15.0. The number of para-hydroxylation sites is 1. The summed E-state index contributed by atoms with van der Waals surface area (Å²) < 4.78 is 0. The lowest BCUT2D eigenvalue weighted by atomic mass is 9.80. The van der Waals surface area contributed by atoms with E-state index in [-0.39, 0.29) is 0 Å². The molecule has 0 amide bonds. The van der Waals surface area contributed by atoms with E-state index in [2.05, 4.69) is 58.2 Å². The monoisotopic (exact) mass is 296 g/mol. The van der Waals surface area contributed by atoms with E-state index in [4.69, 9.17) is 4.98 Å². The highest BCUT2D eigenvalue weighted by Crippen LogP contribution is 2.36. The van der Waals surface area contributed by atoms with E-state index in [1.54, 1.807) is 0 Å². The maximum absolute atomic E-state index is 4.90. The maximum atomic E-state index is 4.90. The van der Waals surface area contributed by atoms with Gasteiger partial charge >= 0.3 is 0 Å². The van der Waals surface area contributed by atoms with Crippen molar-refractivity contribution in [2.75, 3.05) is 0 Å². The predicted octanol–water partition coefficient (Wildman–Crippen LogP) is 5.02. The van der Waals surface area contributed by atoms with Gasteiger partial charge < -0.3 is 0 Å². The molecular weight excluding hydrogens is 270 g/mol. The fraction of sp³-hybridized carbons (Fsp3) is 0.526. The van der Waals surface area contributed by atoms with Crippen LogP contribution in [0.2, 0.25) is 11.1 Å². The fourth-order valence-electron chi connectivity index (χ4n) is 3.66. The van der Waals surface area contributed by atoms with Crippen molar-refractivity contribution in [3.63, 3.8) is 0 Å². The van der Waals surface area contributed by atoms with Crippen LogP contribution >= 0.6 is 0 Å². The predicted molar refractivity (Wildman–Crippen MR) is 93.9 cm³/mol. The zero-order valence-electron chi connectivity index (χ0n) is 13.7. The molecule has 1 fully saturated rings. The lowest BCUT2D eigenvalue weighted by Gasteiger charge is -2.27. The van der Waals surface area contributed by atoms with Gasteiger partial charge in [-0.15, -0.1) is 0 Å². The van der Waals surface area contributed by atoms with E-state index in [0.717, 1.165) is 17.0 Å². The summed E-state index contributed by atoms with van der Waals surface area (Å²) in [5.74, 6) is 0.769. The van der Waals surface area contributed by atoms with Crippen molar-refractivity contribution >= 4 is 24.9 Å². The SMILES string of the molecule is CC(C)[Si](c1cccc2cc(C3CCC3)cnc12)C(C)C. The first-order chi connectivity index (χ1) is 10.1. The summed E-state index contributed by atoms with van der Waals surface area (Å²) >= 11 is 0. The van der Waals surface area contributed by atoms with Crippen molar-refractivity contribution in [2.24, 2.45) is 0 Å². The Morgan fingerprint density at radius 1 is 1.10 bits per heavy atom. The number of hydrogen-bond donors (Lipinski definition) is 0. The lowest BCUT2D eigenvalue weighted by Crippen LogP contribution is -2.36. The summed E-state index contributed by atoms with van der Waals surface area (Å²) in [6, 6.07) is 9.20. The average Bonchev–Trinajstić information content (AvgIpc) is 2.36. The van der Waals surface area contributed by atoms with Crippen LogP contribution in [0.15, 0.2) is 30.5 Å². The van der Waals surface area contributed by atoms with E-state index in [9.17, 15) is 0 Å². The van der Waals surface area contributed by atoms with Crippen molar-refractivity contribution < 1.29 is 0 Å². The van der Waals surface area contributed by atoms with Gasteiger partial charge in [-0.2, -0.15) is 0 Å². The van der Waals surface area contributed by atoms with Crippen molar-refractivity contribution in [3.8, 4) is 0 Å². The minimum atomic E-state index is -0.568. The van der Waals surface area contributed by atoms with Crippen LogP contribution in [0.1, 0.15) is 58.4 Å². The molecule has 2 aromatic rings. The molecular formula is C19H26NSi. The molecule has 2 heteroatoms. The molecule has 111 valence electrons. The topological polar surface area (TPSA) is 12.9 Å². The number of aromatic nitrogens is 1. The van der Waals surface area contributed by atoms with Gasteiger partial charge in [-0.1, -0.05) is 52.3 Å². The minimum Gasteiger partial charge on any atom is -0.256 e. The van der Waals surface area contributed by atoms with Crippen molar-refractivity contribution in [3.05, 3.63) is 36.0 Å². The standard InChI is InChI=1S/C19H26NSi/c1-13(2)21(14(3)4)18-10-6-9-16-11-17(12-20-19(16)18)15-7-5-8-15/h6,9-15H,5,7-8H2,1-4H3. The van der Waals surface area contributed by atoms with E-state index in [1.807, 2.05) is 0 Å². The summed E-state index contributed by atoms with van der Waals surface area (Å²) in [6.07, 6.45) is 6.23. The second-order valence-corrected chi connectivity index (χ2v) is 10.8. The highest BCUT2D eigenvalue weighted by molar-refractivity contribution is 6.77. The number of pyridine rings is 1.